The van der Waals surface area contributed by atoms with Crippen LogP contribution in [0.3, 0.4) is 0 Å². The highest BCUT2D eigenvalue weighted by molar-refractivity contribution is 5.94. The molecule has 4 rings (SSSR count). The highest BCUT2D eigenvalue weighted by atomic mass is 16.5. The van der Waals surface area contributed by atoms with Gasteiger partial charge in [-0.25, -0.2) is 0 Å². The molecule has 3 atom stereocenters. The summed E-state index contributed by atoms with van der Waals surface area (Å²) in [7, 11) is 1.73. The van der Waals surface area contributed by atoms with E-state index in [9.17, 15) is 4.79 Å². The van der Waals surface area contributed by atoms with Gasteiger partial charge < -0.3 is 24.2 Å². The monoisotopic (exact) mass is 750 g/mol. The van der Waals surface area contributed by atoms with E-state index in [4.69, 9.17) is 24.1 Å². The molecule has 302 valence electrons. The summed E-state index contributed by atoms with van der Waals surface area (Å²) in [5.74, 6) is 3.18. The number of anilines is 1. The normalized spacial score (nSPS) is 18.5. The number of rotatable bonds is 19. The van der Waals surface area contributed by atoms with Crippen molar-refractivity contribution >= 4 is 17.6 Å². The number of carboxylic acids is 1. The van der Waals surface area contributed by atoms with Crippen molar-refractivity contribution < 1.29 is 28.9 Å². The highest BCUT2D eigenvalue weighted by Crippen LogP contribution is 2.39. The Morgan fingerprint density at radius 2 is 1.80 bits per heavy atom. The zero-order valence-electron chi connectivity index (χ0n) is 35.0. The first-order chi connectivity index (χ1) is 26.2. The maximum Gasteiger partial charge on any atom is 0.300 e. The summed E-state index contributed by atoms with van der Waals surface area (Å²) in [6.45, 7) is 19.4. The Morgan fingerprint density at radius 3 is 2.43 bits per heavy atom. The first-order valence-electron chi connectivity index (χ1n) is 20.6. The van der Waals surface area contributed by atoms with Gasteiger partial charge in [-0.15, -0.1) is 0 Å². The SMILES string of the molecule is CC.CC(=O)O.CCCCOC(/C(C)=C\CC1CCC(CCc2cccc3c2OCC3CC)N(CC(=O)N(CCCC)c2cccnc2)C1)=C(/CC)OC. The molecule has 3 heterocycles. The Bertz CT molecular complexity index is 1430. The van der Waals surface area contributed by atoms with Gasteiger partial charge in [0.1, 0.15) is 11.5 Å². The highest BCUT2D eigenvalue weighted by Gasteiger charge is 2.32. The molecule has 2 aromatic rings. The average molecular weight is 750 g/mol. The number of piperidine rings is 1. The molecule has 1 aromatic carbocycles. The third-order valence-electron chi connectivity index (χ3n) is 10.2. The molecule has 3 unspecified atom stereocenters. The molecule has 2 aliphatic rings. The number of fused-ring (bicyclic) bond motifs is 1. The largest absolute Gasteiger partial charge is 0.497 e. The number of methoxy groups -OCH3 is 1. The molecule has 1 fully saturated rings. The topological polar surface area (TPSA) is 101 Å². The molecule has 9 heteroatoms. The number of aryl methyl sites for hydroxylation is 1. The van der Waals surface area contributed by atoms with E-state index in [1.165, 1.54) is 11.1 Å². The number of para-hydroxylation sites is 1. The number of aromatic nitrogens is 1. The van der Waals surface area contributed by atoms with Crippen molar-refractivity contribution in [3.63, 3.8) is 0 Å². The number of carboxylic acid groups (broad SMARTS) is 1. The van der Waals surface area contributed by atoms with Gasteiger partial charge in [0.2, 0.25) is 5.91 Å². The molecular formula is C45H71N3O6. The molecule has 1 N–H and O–H groups in total. The van der Waals surface area contributed by atoms with E-state index in [1.54, 1.807) is 13.3 Å². The number of benzene rings is 1. The Kier molecular flexibility index (Phi) is 22.3. The van der Waals surface area contributed by atoms with Gasteiger partial charge in [0.25, 0.3) is 5.97 Å². The van der Waals surface area contributed by atoms with E-state index >= 15 is 0 Å². The quantitative estimate of drug-likeness (QED) is 0.0861. The fraction of sp³-hybridized carbons (Fsp3) is 0.622. The number of unbranched alkanes of at least 4 members (excludes halogenated alkanes) is 2. The van der Waals surface area contributed by atoms with Gasteiger partial charge in [0.05, 0.1) is 38.8 Å². The van der Waals surface area contributed by atoms with E-state index in [-0.39, 0.29) is 5.91 Å². The zero-order chi connectivity index (χ0) is 39.9. The Hall–Kier alpha value is -3.85. The van der Waals surface area contributed by atoms with E-state index < -0.39 is 5.97 Å². The summed E-state index contributed by atoms with van der Waals surface area (Å²) in [4.78, 5) is 31.8. The van der Waals surface area contributed by atoms with E-state index in [0.29, 0.717) is 37.6 Å². The standard InChI is InChI=1S/C41H61N3O4.C2H4O2.C2H6/c1-7-11-25-44(36-16-14-24-42-27-36)39(45)29-43-28-32(19-18-31(5)40(38(10-4)46-6)47-26-12-8-2)20-22-35(43)23-21-34-15-13-17-37-33(9-3)30-48-41(34)37;1-2(3)4;1-2/h13-18,24,27,32-33,35H,7-12,19-23,25-26,28-30H2,1-6H3;1H3,(H,3,4);1-2H3/b31-18-,40-38-;;. The van der Waals surface area contributed by atoms with Crippen LogP contribution in [-0.4, -0.2) is 72.9 Å². The van der Waals surface area contributed by atoms with Crippen LogP contribution >= 0.6 is 0 Å². The number of ether oxygens (including phenoxy) is 3. The van der Waals surface area contributed by atoms with Crippen molar-refractivity contribution in [1.82, 2.24) is 9.88 Å². The summed E-state index contributed by atoms with van der Waals surface area (Å²) >= 11 is 0. The van der Waals surface area contributed by atoms with Crippen LogP contribution in [0.4, 0.5) is 5.69 Å². The van der Waals surface area contributed by atoms with Crippen molar-refractivity contribution in [1.29, 1.82) is 0 Å². The molecule has 2 aliphatic heterocycles. The van der Waals surface area contributed by atoms with Crippen LogP contribution in [0.2, 0.25) is 0 Å². The van der Waals surface area contributed by atoms with E-state index in [2.05, 4.69) is 68.8 Å². The third-order valence-corrected chi connectivity index (χ3v) is 10.2. The predicted molar refractivity (Wildman–Crippen MR) is 221 cm³/mol. The second-order valence-electron chi connectivity index (χ2n) is 14.1. The Balaban J connectivity index is 0.00000157. The van der Waals surface area contributed by atoms with Gasteiger partial charge in [-0.3, -0.25) is 19.5 Å². The van der Waals surface area contributed by atoms with Gasteiger partial charge in [0.15, 0.2) is 5.76 Å². The van der Waals surface area contributed by atoms with Gasteiger partial charge in [-0.2, -0.15) is 0 Å². The van der Waals surface area contributed by atoms with Crippen LogP contribution in [0.15, 0.2) is 65.9 Å². The number of pyridine rings is 1. The molecule has 0 radical (unpaired) electrons. The molecular weight excluding hydrogens is 679 g/mol. The van der Waals surface area contributed by atoms with Crippen molar-refractivity contribution in [2.45, 2.75) is 138 Å². The Labute approximate surface area is 327 Å². The predicted octanol–water partition coefficient (Wildman–Crippen LogP) is 10.4. The van der Waals surface area contributed by atoms with Crippen LogP contribution in [0.1, 0.15) is 137 Å². The number of aliphatic carboxylic acids is 1. The lowest BCUT2D eigenvalue weighted by Gasteiger charge is -2.40. The maximum absolute atomic E-state index is 14.1. The minimum Gasteiger partial charge on any atom is -0.497 e. The minimum absolute atomic E-state index is 0.158. The number of hydrogen-bond acceptors (Lipinski definition) is 7. The molecule has 0 spiro atoms. The lowest BCUT2D eigenvalue weighted by atomic mass is 9.86. The molecule has 54 heavy (non-hydrogen) atoms. The second-order valence-corrected chi connectivity index (χ2v) is 14.1. The molecule has 0 bridgehead atoms. The average Bonchev–Trinajstić information content (AvgIpc) is 3.61. The first-order valence-corrected chi connectivity index (χ1v) is 20.6. The van der Waals surface area contributed by atoms with E-state index in [0.717, 1.165) is 119 Å². The molecule has 1 saturated heterocycles. The summed E-state index contributed by atoms with van der Waals surface area (Å²) in [5.41, 5.74) is 4.69. The summed E-state index contributed by atoms with van der Waals surface area (Å²) in [5, 5.41) is 7.42. The van der Waals surface area contributed by atoms with Gasteiger partial charge in [0, 0.05) is 50.2 Å². The van der Waals surface area contributed by atoms with Crippen molar-refractivity contribution in [2.24, 2.45) is 5.92 Å². The first kappa shape index (κ1) is 46.3. The van der Waals surface area contributed by atoms with Crippen LogP contribution in [-0.2, 0) is 25.5 Å². The van der Waals surface area contributed by atoms with Crippen LogP contribution in [0.25, 0.3) is 0 Å². The third kappa shape index (κ3) is 14.8. The number of hydrogen-bond donors (Lipinski definition) is 1. The smallest absolute Gasteiger partial charge is 0.300 e. The van der Waals surface area contributed by atoms with Gasteiger partial charge in [-0.05, 0) is 87.5 Å². The summed E-state index contributed by atoms with van der Waals surface area (Å²) < 4.78 is 18.2. The minimum atomic E-state index is -0.833. The van der Waals surface area contributed by atoms with Crippen molar-refractivity contribution in [3.8, 4) is 5.75 Å². The van der Waals surface area contributed by atoms with Crippen molar-refractivity contribution in [2.75, 3.05) is 44.9 Å². The number of likely N-dealkylation sites (tertiary alicyclic amines) is 1. The summed E-state index contributed by atoms with van der Waals surface area (Å²) in [6.07, 6.45) is 17.1. The van der Waals surface area contributed by atoms with E-state index in [1.807, 2.05) is 37.1 Å². The lowest BCUT2D eigenvalue weighted by molar-refractivity contribution is -0.134. The summed E-state index contributed by atoms with van der Waals surface area (Å²) in [6, 6.07) is 10.9. The molecule has 0 aliphatic carbocycles. The zero-order valence-corrected chi connectivity index (χ0v) is 35.0. The number of carbonyl (C=O) groups is 2. The number of amides is 1. The van der Waals surface area contributed by atoms with Crippen LogP contribution in [0, 0.1) is 5.92 Å². The number of carbonyl (C=O) groups excluding carboxylic acids is 1. The van der Waals surface area contributed by atoms with Crippen LogP contribution in [0.5, 0.6) is 5.75 Å². The number of nitrogens with zero attached hydrogens (tertiary/aromatic N) is 3. The van der Waals surface area contributed by atoms with Crippen molar-refractivity contribution in [3.05, 3.63) is 77.0 Å². The fourth-order valence-electron chi connectivity index (χ4n) is 7.18. The molecule has 1 aromatic heterocycles. The van der Waals surface area contributed by atoms with Gasteiger partial charge in [-0.1, -0.05) is 78.7 Å². The second kappa shape index (κ2) is 26.0. The molecule has 9 nitrogen and oxygen atoms in total. The number of allylic oxidation sites excluding steroid dienone is 3. The lowest BCUT2D eigenvalue weighted by Crippen LogP contribution is -2.49. The fourth-order valence-corrected chi connectivity index (χ4v) is 7.18. The Morgan fingerprint density at radius 1 is 1.06 bits per heavy atom. The molecule has 1 amide bonds. The molecule has 0 saturated carbocycles. The van der Waals surface area contributed by atoms with Gasteiger partial charge >= 0.3 is 0 Å². The van der Waals surface area contributed by atoms with Crippen LogP contribution < -0.4 is 9.64 Å². The maximum atomic E-state index is 14.1.